The van der Waals surface area contributed by atoms with Gasteiger partial charge in [-0.15, -0.1) is 0 Å². The second-order valence-corrected chi connectivity index (χ2v) is 9.34. The van der Waals surface area contributed by atoms with Crippen LogP contribution in [0, 0.1) is 17.8 Å². The molecule has 0 bridgehead atoms. The van der Waals surface area contributed by atoms with Gasteiger partial charge in [-0.2, -0.15) is 0 Å². The summed E-state index contributed by atoms with van der Waals surface area (Å²) in [6.45, 7) is 7.09. The van der Waals surface area contributed by atoms with Crippen LogP contribution in [-0.4, -0.2) is 63.6 Å². The van der Waals surface area contributed by atoms with Gasteiger partial charge in [-0.25, -0.2) is 4.39 Å². The number of fused-ring (bicyclic) bond motifs is 1. The molecule has 3 fully saturated rings. The molecule has 9 unspecified atom stereocenters. The molecule has 9 atom stereocenters. The summed E-state index contributed by atoms with van der Waals surface area (Å²) in [6.07, 6.45) is 6.56. The molecule has 0 aromatic heterocycles. The Balaban J connectivity index is 1.48. The number of nitrogens with one attached hydrogen (secondary N) is 5. The molecule has 6 nitrogen and oxygen atoms in total. The van der Waals surface area contributed by atoms with Crippen LogP contribution in [0.3, 0.4) is 0 Å². The Morgan fingerprint density at radius 3 is 2.97 bits per heavy atom. The minimum absolute atomic E-state index is 0.0492. The lowest BCUT2D eigenvalue weighted by Crippen LogP contribution is -2.72. The molecule has 1 saturated carbocycles. The predicted octanol–water partition coefficient (Wildman–Crippen LogP) is 1.45. The van der Waals surface area contributed by atoms with Crippen molar-refractivity contribution in [3.8, 4) is 0 Å². The van der Waals surface area contributed by atoms with E-state index in [1.54, 1.807) is 0 Å². The van der Waals surface area contributed by atoms with Gasteiger partial charge in [0.25, 0.3) is 0 Å². The molecule has 1 aliphatic carbocycles. The van der Waals surface area contributed by atoms with E-state index >= 15 is 4.39 Å². The van der Waals surface area contributed by atoms with Crippen LogP contribution in [0.1, 0.15) is 46.0 Å². The van der Waals surface area contributed by atoms with Gasteiger partial charge in [0, 0.05) is 37.1 Å². The molecule has 3 aliphatic heterocycles. The second kappa shape index (κ2) is 9.71. The average Bonchev–Trinajstić information content (AvgIpc) is 3.00. The van der Waals surface area contributed by atoms with Gasteiger partial charge < -0.3 is 15.4 Å². The van der Waals surface area contributed by atoms with Crippen LogP contribution >= 0.6 is 0 Å². The normalized spacial score (nSPS) is 46.1. The topological polar surface area (TPSA) is 69.4 Å². The molecular weight excluding hydrogens is 369 g/mol. The van der Waals surface area contributed by atoms with Crippen LogP contribution < -0.4 is 26.6 Å². The number of hydrogen-bond donors (Lipinski definition) is 5. The van der Waals surface area contributed by atoms with Gasteiger partial charge in [-0.3, -0.25) is 16.0 Å². The van der Waals surface area contributed by atoms with E-state index in [2.05, 4.69) is 46.5 Å². The van der Waals surface area contributed by atoms with Gasteiger partial charge >= 0.3 is 0 Å². The van der Waals surface area contributed by atoms with Crippen molar-refractivity contribution >= 4 is 0 Å². The quantitative estimate of drug-likeness (QED) is 0.443. The largest absolute Gasteiger partial charge is 0.377 e. The first-order valence-corrected chi connectivity index (χ1v) is 11.7. The maximum atomic E-state index is 16.0. The SMILES string of the molecule is CCC1C(C)NC(NC2CC3CCOC3C(C3=CCNCCC3)C2F)NC1NC. The predicted molar refractivity (Wildman–Crippen MR) is 114 cm³/mol. The molecule has 4 aliphatic rings. The molecule has 166 valence electrons. The van der Waals surface area contributed by atoms with E-state index in [0.717, 1.165) is 51.8 Å². The van der Waals surface area contributed by atoms with Crippen LogP contribution in [0.25, 0.3) is 0 Å². The summed E-state index contributed by atoms with van der Waals surface area (Å²) in [5, 5.41) is 17.7. The van der Waals surface area contributed by atoms with Crippen LogP contribution in [0.4, 0.5) is 4.39 Å². The summed E-state index contributed by atoms with van der Waals surface area (Å²) in [5.41, 5.74) is 1.27. The van der Waals surface area contributed by atoms with E-state index in [0.29, 0.717) is 17.9 Å². The average molecular weight is 410 g/mol. The van der Waals surface area contributed by atoms with Crippen molar-refractivity contribution < 1.29 is 9.13 Å². The highest BCUT2D eigenvalue weighted by Crippen LogP contribution is 2.44. The number of halogens is 1. The molecular formula is C22H40FN5O. The zero-order valence-corrected chi connectivity index (χ0v) is 18.2. The lowest BCUT2D eigenvalue weighted by atomic mass is 9.71. The zero-order valence-electron chi connectivity index (χ0n) is 18.2. The molecule has 0 aromatic rings. The van der Waals surface area contributed by atoms with E-state index in [1.165, 1.54) is 5.57 Å². The van der Waals surface area contributed by atoms with Crippen molar-refractivity contribution in [3.63, 3.8) is 0 Å². The molecule has 0 aromatic carbocycles. The molecule has 2 saturated heterocycles. The fourth-order valence-electron chi connectivity index (χ4n) is 6.12. The van der Waals surface area contributed by atoms with Crippen LogP contribution in [-0.2, 0) is 4.74 Å². The van der Waals surface area contributed by atoms with E-state index in [1.807, 2.05) is 7.05 Å². The van der Waals surface area contributed by atoms with Gasteiger partial charge in [0.1, 0.15) is 12.5 Å². The number of rotatable bonds is 5. The van der Waals surface area contributed by atoms with Crippen LogP contribution in [0.15, 0.2) is 11.6 Å². The van der Waals surface area contributed by atoms with Crippen LogP contribution in [0.2, 0.25) is 0 Å². The number of alkyl halides is 1. The van der Waals surface area contributed by atoms with Crippen molar-refractivity contribution in [1.29, 1.82) is 0 Å². The Bertz CT molecular complexity index is 575. The summed E-state index contributed by atoms with van der Waals surface area (Å²) in [6, 6.07) is 0.208. The lowest BCUT2D eigenvalue weighted by Gasteiger charge is -2.47. The van der Waals surface area contributed by atoms with E-state index in [9.17, 15) is 0 Å². The Hall–Kier alpha value is -0.570. The van der Waals surface area contributed by atoms with E-state index in [-0.39, 0.29) is 30.5 Å². The van der Waals surface area contributed by atoms with Crippen molar-refractivity contribution in [2.45, 2.75) is 82.8 Å². The number of hydrogen-bond acceptors (Lipinski definition) is 6. The van der Waals surface area contributed by atoms with Gasteiger partial charge in [-0.1, -0.05) is 18.6 Å². The monoisotopic (exact) mass is 409 g/mol. The zero-order chi connectivity index (χ0) is 20.4. The first kappa shape index (κ1) is 21.7. The summed E-state index contributed by atoms with van der Waals surface area (Å²) < 4.78 is 22.0. The maximum Gasteiger partial charge on any atom is 0.124 e. The Morgan fingerprint density at radius 1 is 1.31 bits per heavy atom. The van der Waals surface area contributed by atoms with Gasteiger partial charge in [-0.05, 0) is 58.5 Å². The molecule has 29 heavy (non-hydrogen) atoms. The molecule has 7 heteroatoms. The Morgan fingerprint density at radius 2 is 2.17 bits per heavy atom. The third kappa shape index (κ3) is 4.55. The van der Waals surface area contributed by atoms with Gasteiger partial charge in [0.05, 0.1) is 12.3 Å². The molecule has 0 radical (unpaired) electrons. The number of ether oxygens (including phenoxy) is 1. The molecule has 0 amide bonds. The second-order valence-electron chi connectivity index (χ2n) is 9.34. The summed E-state index contributed by atoms with van der Waals surface area (Å²) in [7, 11) is 2.00. The molecule has 0 spiro atoms. The highest BCUT2D eigenvalue weighted by molar-refractivity contribution is 5.18. The minimum atomic E-state index is -0.922. The summed E-state index contributed by atoms with van der Waals surface area (Å²) in [5.74, 6) is 0.846. The fourth-order valence-corrected chi connectivity index (χ4v) is 6.12. The third-order valence-electron chi connectivity index (χ3n) is 7.67. The highest BCUT2D eigenvalue weighted by atomic mass is 19.1. The third-order valence-corrected chi connectivity index (χ3v) is 7.67. The fraction of sp³-hybridized carbons (Fsp3) is 0.909. The van der Waals surface area contributed by atoms with E-state index in [4.69, 9.17) is 4.74 Å². The Kier molecular flexibility index (Phi) is 7.25. The Labute approximate surface area is 175 Å². The first-order chi connectivity index (χ1) is 14.1. The van der Waals surface area contributed by atoms with Crippen molar-refractivity contribution in [2.24, 2.45) is 17.8 Å². The van der Waals surface area contributed by atoms with Crippen molar-refractivity contribution in [1.82, 2.24) is 26.6 Å². The maximum absolute atomic E-state index is 16.0. The van der Waals surface area contributed by atoms with E-state index < -0.39 is 6.17 Å². The summed E-state index contributed by atoms with van der Waals surface area (Å²) >= 11 is 0. The van der Waals surface area contributed by atoms with Gasteiger partial charge in [0.15, 0.2) is 0 Å². The molecule has 4 rings (SSSR count). The first-order valence-electron chi connectivity index (χ1n) is 11.7. The molecule has 5 N–H and O–H groups in total. The lowest BCUT2D eigenvalue weighted by molar-refractivity contribution is -0.0276. The minimum Gasteiger partial charge on any atom is -0.377 e. The highest BCUT2D eigenvalue weighted by Gasteiger charge is 2.50. The summed E-state index contributed by atoms with van der Waals surface area (Å²) in [4.78, 5) is 0. The molecule has 3 heterocycles. The van der Waals surface area contributed by atoms with Crippen molar-refractivity contribution in [3.05, 3.63) is 11.6 Å². The van der Waals surface area contributed by atoms with Crippen LogP contribution in [0.5, 0.6) is 0 Å². The van der Waals surface area contributed by atoms with Crippen molar-refractivity contribution in [2.75, 3.05) is 26.7 Å². The smallest absolute Gasteiger partial charge is 0.124 e. The van der Waals surface area contributed by atoms with Gasteiger partial charge in [0.2, 0.25) is 0 Å². The standard InChI is InChI=1S/C22H40FN5O/c1-4-16-13(2)26-22(28-21(16)24-3)27-17-12-15-8-11-29-20(15)18(19(17)23)14-6-5-9-25-10-7-14/h7,13,15-22,24-28H,4-6,8-12H2,1-3H3.